The fourth-order valence-corrected chi connectivity index (χ4v) is 2.53. The molecule has 0 N–H and O–H groups in total. The topological polar surface area (TPSA) is 53.3 Å². The summed E-state index contributed by atoms with van der Waals surface area (Å²) in [4.78, 5) is 14.8. The number of amides is 1. The number of ether oxygens (including phenoxy) is 1. The number of benzene rings is 1. The normalized spacial score (nSPS) is 9.90. The minimum atomic E-state index is -0.0653. The summed E-state index contributed by atoms with van der Waals surface area (Å²) < 4.78 is 5.47. The highest BCUT2D eigenvalue weighted by atomic mass is 32.1. The highest BCUT2D eigenvalue weighted by Crippen LogP contribution is 2.14. The van der Waals surface area contributed by atoms with Gasteiger partial charge in [-0.15, -0.1) is 11.3 Å². The van der Waals surface area contributed by atoms with Gasteiger partial charge in [0.25, 0.3) is 5.91 Å². The molecule has 0 aliphatic carbocycles. The molecule has 0 aliphatic heterocycles. The lowest BCUT2D eigenvalue weighted by atomic mass is 10.2. The van der Waals surface area contributed by atoms with Crippen LogP contribution in [0.4, 0.5) is 0 Å². The molecule has 1 aromatic heterocycles. The standard InChI is InChI=1S/C16H16N2O2S/c1-18(11-15-3-2-10-21-15)16(19)12-20-14-6-4-13(5-7-14)8-9-17/h2-7,10H,8,11-12H2,1H3. The van der Waals surface area contributed by atoms with Crippen molar-refractivity contribution in [2.24, 2.45) is 0 Å². The molecular weight excluding hydrogens is 284 g/mol. The molecule has 0 fully saturated rings. The number of carbonyl (C=O) groups excluding carboxylic acids is 1. The molecule has 1 amide bonds. The molecule has 0 radical (unpaired) electrons. The third-order valence-corrected chi connectivity index (χ3v) is 3.83. The third kappa shape index (κ3) is 4.62. The van der Waals surface area contributed by atoms with Gasteiger partial charge in [0, 0.05) is 11.9 Å². The molecule has 2 rings (SSSR count). The first kappa shape index (κ1) is 15.1. The zero-order valence-corrected chi connectivity index (χ0v) is 12.6. The molecule has 0 unspecified atom stereocenters. The van der Waals surface area contributed by atoms with E-state index in [-0.39, 0.29) is 12.5 Å². The smallest absolute Gasteiger partial charge is 0.260 e. The molecule has 0 spiro atoms. The van der Waals surface area contributed by atoms with Crippen LogP contribution in [-0.2, 0) is 17.8 Å². The molecule has 21 heavy (non-hydrogen) atoms. The lowest BCUT2D eigenvalue weighted by Crippen LogP contribution is -2.30. The summed E-state index contributed by atoms with van der Waals surface area (Å²) in [5.74, 6) is 0.569. The van der Waals surface area contributed by atoms with Gasteiger partial charge in [-0.2, -0.15) is 5.26 Å². The third-order valence-electron chi connectivity index (χ3n) is 2.97. The van der Waals surface area contributed by atoms with Gasteiger partial charge in [-0.25, -0.2) is 0 Å². The van der Waals surface area contributed by atoms with Crippen LogP contribution in [0.5, 0.6) is 5.75 Å². The first-order valence-corrected chi connectivity index (χ1v) is 7.42. The Kier molecular flexibility index (Phi) is 5.35. The van der Waals surface area contributed by atoms with Gasteiger partial charge in [0.05, 0.1) is 19.0 Å². The van der Waals surface area contributed by atoms with E-state index in [1.807, 2.05) is 29.6 Å². The van der Waals surface area contributed by atoms with Gasteiger partial charge >= 0.3 is 0 Å². The van der Waals surface area contributed by atoms with Crippen LogP contribution >= 0.6 is 11.3 Å². The van der Waals surface area contributed by atoms with Crippen LogP contribution < -0.4 is 4.74 Å². The van der Waals surface area contributed by atoms with Crippen molar-refractivity contribution in [3.63, 3.8) is 0 Å². The van der Waals surface area contributed by atoms with Crippen molar-refractivity contribution >= 4 is 17.2 Å². The number of nitriles is 1. The van der Waals surface area contributed by atoms with Crippen LogP contribution in [0, 0.1) is 11.3 Å². The molecule has 0 bridgehead atoms. The summed E-state index contributed by atoms with van der Waals surface area (Å²) in [5, 5.41) is 10.6. The van der Waals surface area contributed by atoms with Crippen LogP contribution in [0.25, 0.3) is 0 Å². The van der Waals surface area contributed by atoms with Crippen LogP contribution in [0.15, 0.2) is 41.8 Å². The number of thiophene rings is 1. The molecule has 0 saturated carbocycles. The van der Waals surface area contributed by atoms with E-state index in [9.17, 15) is 4.79 Å². The molecule has 0 aliphatic rings. The fraction of sp³-hybridized carbons (Fsp3) is 0.250. The number of hydrogen-bond donors (Lipinski definition) is 0. The second kappa shape index (κ2) is 7.46. The van der Waals surface area contributed by atoms with Crippen LogP contribution in [0.1, 0.15) is 10.4 Å². The van der Waals surface area contributed by atoms with E-state index in [1.54, 1.807) is 35.4 Å². The van der Waals surface area contributed by atoms with Crippen LogP contribution in [0.3, 0.4) is 0 Å². The van der Waals surface area contributed by atoms with Crippen molar-refractivity contribution in [3.05, 3.63) is 52.2 Å². The Morgan fingerprint density at radius 3 is 2.71 bits per heavy atom. The molecular formula is C16H16N2O2S. The van der Waals surface area contributed by atoms with E-state index < -0.39 is 0 Å². The maximum Gasteiger partial charge on any atom is 0.260 e. The number of nitrogens with zero attached hydrogens (tertiary/aromatic N) is 2. The van der Waals surface area contributed by atoms with E-state index in [4.69, 9.17) is 10.00 Å². The average molecular weight is 300 g/mol. The van der Waals surface area contributed by atoms with Crippen LogP contribution in [-0.4, -0.2) is 24.5 Å². The first-order valence-electron chi connectivity index (χ1n) is 6.54. The van der Waals surface area contributed by atoms with Gasteiger partial charge in [-0.1, -0.05) is 18.2 Å². The summed E-state index contributed by atoms with van der Waals surface area (Å²) >= 11 is 1.63. The monoisotopic (exact) mass is 300 g/mol. The average Bonchev–Trinajstić information content (AvgIpc) is 2.99. The summed E-state index contributed by atoms with van der Waals surface area (Å²) in [6, 6.07) is 13.3. The molecule has 4 nitrogen and oxygen atoms in total. The van der Waals surface area contributed by atoms with E-state index in [1.165, 1.54) is 0 Å². The zero-order valence-electron chi connectivity index (χ0n) is 11.8. The Morgan fingerprint density at radius 1 is 1.33 bits per heavy atom. The van der Waals surface area contributed by atoms with Gasteiger partial charge in [0.1, 0.15) is 5.75 Å². The van der Waals surface area contributed by atoms with Gasteiger partial charge in [-0.3, -0.25) is 4.79 Å². The molecule has 108 valence electrons. The zero-order chi connectivity index (χ0) is 15.1. The second-order valence-electron chi connectivity index (χ2n) is 4.60. The van der Waals surface area contributed by atoms with E-state index in [0.717, 1.165) is 10.4 Å². The van der Waals surface area contributed by atoms with Crippen molar-refractivity contribution in [2.75, 3.05) is 13.7 Å². The Bertz CT molecular complexity index is 615. The Morgan fingerprint density at radius 2 is 2.10 bits per heavy atom. The van der Waals surface area contributed by atoms with E-state index in [0.29, 0.717) is 18.7 Å². The predicted molar refractivity (Wildman–Crippen MR) is 82.0 cm³/mol. The van der Waals surface area contributed by atoms with Gasteiger partial charge in [0.2, 0.25) is 0 Å². The first-order chi connectivity index (χ1) is 10.2. The molecule has 1 heterocycles. The van der Waals surface area contributed by atoms with Crippen molar-refractivity contribution < 1.29 is 9.53 Å². The highest BCUT2D eigenvalue weighted by molar-refractivity contribution is 7.09. The Balaban J connectivity index is 1.81. The quantitative estimate of drug-likeness (QED) is 0.824. The van der Waals surface area contributed by atoms with E-state index in [2.05, 4.69) is 6.07 Å². The Hall–Kier alpha value is -2.32. The predicted octanol–water partition coefficient (Wildman–Crippen LogP) is 2.85. The molecule has 0 saturated heterocycles. The van der Waals surface area contributed by atoms with E-state index >= 15 is 0 Å². The summed E-state index contributed by atoms with van der Waals surface area (Å²) in [6.07, 6.45) is 0.378. The number of likely N-dealkylation sites (N-methyl/N-ethyl adjacent to an activating group) is 1. The molecule has 0 atom stereocenters. The van der Waals surface area contributed by atoms with Gasteiger partial charge in [-0.05, 0) is 29.1 Å². The number of hydrogen-bond acceptors (Lipinski definition) is 4. The van der Waals surface area contributed by atoms with Gasteiger partial charge in [0.15, 0.2) is 6.61 Å². The SMILES string of the molecule is CN(Cc1cccs1)C(=O)COc1ccc(CC#N)cc1. The molecule has 2 aromatic rings. The fourth-order valence-electron chi connectivity index (χ4n) is 1.77. The largest absolute Gasteiger partial charge is 0.484 e. The molecule has 5 heteroatoms. The summed E-state index contributed by atoms with van der Waals surface area (Å²) in [5.41, 5.74) is 0.936. The lowest BCUT2D eigenvalue weighted by Gasteiger charge is -2.16. The van der Waals surface area contributed by atoms with Crippen molar-refractivity contribution in [1.29, 1.82) is 5.26 Å². The lowest BCUT2D eigenvalue weighted by molar-refractivity contribution is -0.132. The Labute approximate surface area is 128 Å². The van der Waals surface area contributed by atoms with Crippen molar-refractivity contribution in [3.8, 4) is 11.8 Å². The number of carbonyl (C=O) groups is 1. The minimum Gasteiger partial charge on any atom is -0.484 e. The second-order valence-corrected chi connectivity index (χ2v) is 5.63. The minimum absolute atomic E-state index is 0.0134. The summed E-state index contributed by atoms with van der Waals surface area (Å²) in [6.45, 7) is 0.612. The summed E-state index contributed by atoms with van der Waals surface area (Å²) in [7, 11) is 1.77. The number of rotatable bonds is 6. The van der Waals surface area contributed by atoms with Crippen LogP contribution in [0.2, 0.25) is 0 Å². The van der Waals surface area contributed by atoms with Gasteiger partial charge < -0.3 is 9.64 Å². The van der Waals surface area contributed by atoms with Crippen molar-refractivity contribution in [1.82, 2.24) is 4.90 Å². The molecule has 1 aromatic carbocycles. The van der Waals surface area contributed by atoms with Crippen molar-refractivity contribution in [2.45, 2.75) is 13.0 Å². The highest BCUT2D eigenvalue weighted by Gasteiger charge is 2.10. The maximum absolute atomic E-state index is 12.0. The maximum atomic E-state index is 12.0.